The van der Waals surface area contributed by atoms with Crippen molar-refractivity contribution in [2.45, 2.75) is 44.2 Å². The molecule has 0 bridgehead atoms. The first-order valence-corrected chi connectivity index (χ1v) is 8.05. The fourth-order valence-corrected chi connectivity index (χ4v) is 3.42. The van der Waals surface area contributed by atoms with Gasteiger partial charge in [-0.15, -0.1) is 0 Å². The lowest BCUT2D eigenvalue weighted by Gasteiger charge is -2.23. The zero-order valence-corrected chi connectivity index (χ0v) is 14.4. The quantitative estimate of drug-likeness (QED) is 0.690. The van der Waals surface area contributed by atoms with Crippen LogP contribution in [0.2, 0.25) is 0 Å². The van der Waals surface area contributed by atoms with Crippen LogP contribution in [0.5, 0.6) is 0 Å². The van der Waals surface area contributed by atoms with Crippen LogP contribution in [0.4, 0.5) is 5.82 Å². The molecule has 2 aliphatic heterocycles. The van der Waals surface area contributed by atoms with E-state index in [9.17, 15) is 9.90 Å². The molecule has 2 aromatic rings. The largest absolute Gasteiger partial charge is 0.464 e. The number of anilines is 1. The summed E-state index contributed by atoms with van der Waals surface area (Å²) < 4.78 is 23.8. The smallest absolute Gasteiger partial charge is 0.359 e. The fourth-order valence-electron chi connectivity index (χ4n) is 3.42. The Labute approximate surface area is 148 Å². The van der Waals surface area contributed by atoms with E-state index >= 15 is 0 Å². The Morgan fingerprint density at radius 3 is 2.81 bits per heavy atom. The van der Waals surface area contributed by atoms with Crippen molar-refractivity contribution in [1.29, 1.82) is 0 Å². The molecule has 0 radical (unpaired) electrons. The van der Waals surface area contributed by atoms with Gasteiger partial charge in [0.1, 0.15) is 30.5 Å². The van der Waals surface area contributed by atoms with Gasteiger partial charge in [-0.1, -0.05) is 0 Å². The van der Waals surface area contributed by atoms with E-state index in [-0.39, 0.29) is 23.5 Å². The number of fused-ring (bicyclic) bond motifs is 2. The van der Waals surface area contributed by atoms with Crippen molar-refractivity contribution in [1.82, 2.24) is 19.7 Å². The van der Waals surface area contributed by atoms with Gasteiger partial charge in [-0.2, -0.15) is 5.10 Å². The summed E-state index contributed by atoms with van der Waals surface area (Å²) in [5.41, 5.74) is 6.19. The minimum atomic E-state index is -0.840. The number of nitrogens with zero attached hydrogens (tertiary/aromatic N) is 4. The first kappa shape index (κ1) is 17.1. The molecule has 11 heteroatoms. The van der Waals surface area contributed by atoms with Gasteiger partial charge in [0.15, 0.2) is 23.4 Å². The van der Waals surface area contributed by atoms with Crippen LogP contribution in [-0.2, 0) is 18.9 Å². The molecule has 0 spiro atoms. The van der Waals surface area contributed by atoms with Gasteiger partial charge in [0.2, 0.25) is 0 Å². The number of ether oxygens (including phenoxy) is 4. The third kappa shape index (κ3) is 2.43. The zero-order chi connectivity index (χ0) is 18.6. The summed E-state index contributed by atoms with van der Waals surface area (Å²) in [6.07, 6.45) is -1.14. The predicted molar refractivity (Wildman–Crippen MR) is 85.9 cm³/mol. The number of aliphatic hydroxyl groups is 1. The molecule has 2 fully saturated rings. The van der Waals surface area contributed by atoms with Crippen LogP contribution in [0, 0.1) is 0 Å². The van der Waals surface area contributed by atoms with Crippen LogP contribution >= 0.6 is 0 Å². The van der Waals surface area contributed by atoms with E-state index in [2.05, 4.69) is 15.1 Å². The van der Waals surface area contributed by atoms with E-state index in [4.69, 9.17) is 24.7 Å². The molecule has 0 aliphatic carbocycles. The minimum Gasteiger partial charge on any atom is -0.464 e. The van der Waals surface area contributed by atoms with Crippen molar-refractivity contribution in [3.8, 4) is 0 Å². The molecule has 11 nitrogen and oxygen atoms in total. The van der Waals surface area contributed by atoms with Crippen LogP contribution in [0.15, 0.2) is 6.33 Å². The third-order valence-electron chi connectivity index (χ3n) is 4.44. The Kier molecular flexibility index (Phi) is 3.84. The molecular weight excluding hydrogens is 346 g/mol. The first-order chi connectivity index (χ1) is 12.4. The molecule has 0 unspecified atom stereocenters. The van der Waals surface area contributed by atoms with Gasteiger partial charge in [0, 0.05) is 0 Å². The monoisotopic (exact) mass is 365 g/mol. The molecule has 4 rings (SSSR count). The molecular formula is C15H19N5O6. The SMILES string of the molecule is COC(=O)c1nn([C@@H]2O[C@H](CO)[C@H]3OC(C)(C)O[C@H]32)c2ncnc(N)c12. The lowest BCUT2D eigenvalue weighted by atomic mass is 10.1. The van der Waals surface area contributed by atoms with Crippen LogP contribution in [-0.4, -0.2) is 68.6 Å². The Bertz CT molecular complexity index is 868. The number of esters is 1. The Morgan fingerprint density at radius 2 is 2.12 bits per heavy atom. The summed E-state index contributed by atoms with van der Waals surface area (Å²) >= 11 is 0. The number of hydrogen-bond acceptors (Lipinski definition) is 10. The minimum absolute atomic E-state index is 0.0219. The Balaban J connectivity index is 1.84. The number of carbonyl (C=O) groups is 1. The van der Waals surface area contributed by atoms with Gasteiger partial charge in [0.25, 0.3) is 0 Å². The highest BCUT2D eigenvalue weighted by molar-refractivity contribution is 6.05. The number of aliphatic hydroxyl groups excluding tert-OH is 1. The second kappa shape index (κ2) is 5.84. The molecule has 0 aromatic carbocycles. The van der Waals surface area contributed by atoms with E-state index in [0.29, 0.717) is 5.65 Å². The molecule has 140 valence electrons. The highest BCUT2D eigenvalue weighted by atomic mass is 16.8. The molecule has 2 aliphatic rings. The van der Waals surface area contributed by atoms with Gasteiger partial charge in [0.05, 0.1) is 19.1 Å². The van der Waals surface area contributed by atoms with E-state index < -0.39 is 36.3 Å². The third-order valence-corrected chi connectivity index (χ3v) is 4.44. The number of methoxy groups -OCH3 is 1. The van der Waals surface area contributed by atoms with Gasteiger partial charge in [-0.3, -0.25) is 0 Å². The molecule has 3 N–H and O–H groups in total. The standard InChI is InChI=1S/C15H19N5O6/c1-15(2)25-9-6(4-21)24-13(10(9)26-15)20-12-7(11(16)17-5-18-12)8(19-20)14(22)23-3/h5-6,9-10,13,21H,4H2,1-3H3,(H2,16,17,18)/t6-,9-,10-,13-/m1/s1. The number of nitrogens with two attached hydrogens (primary N) is 1. The maximum absolute atomic E-state index is 12.1. The van der Waals surface area contributed by atoms with Gasteiger partial charge < -0.3 is 29.8 Å². The lowest BCUT2D eigenvalue weighted by molar-refractivity contribution is -0.201. The van der Waals surface area contributed by atoms with Crippen molar-refractivity contribution < 1.29 is 28.8 Å². The van der Waals surface area contributed by atoms with Crippen LogP contribution < -0.4 is 5.73 Å². The van der Waals surface area contributed by atoms with Gasteiger partial charge >= 0.3 is 5.97 Å². The number of nitrogen functional groups attached to an aromatic ring is 1. The van der Waals surface area contributed by atoms with Crippen molar-refractivity contribution in [2.24, 2.45) is 0 Å². The summed E-state index contributed by atoms with van der Waals surface area (Å²) in [7, 11) is 1.24. The summed E-state index contributed by atoms with van der Waals surface area (Å²) in [4.78, 5) is 20.2. The molecule has 4 heterocycles. The second-order valence-corrected chi connectivity index (χ2v) is 6.55. The maximum atomic E-state index is 12.1. The van der Waals surface area contributed by atoms with Crippen LogP contribution in [0.1, 0.15) is 30.6 Å². The van der Waals surface area contributed by atoms with E-state index in [1.807, 2.05) is 0 Å². The zero-order valence-electron chi connectivity index (χ0n) is 14.4. The summed E-state index contributed by atoms with van der Waals surface area (Å²) in [5, 5.41) is 14.2. The number of aromatic nitrogens is 4. The summed E-state index contributed by atoms with van der Waals surface area (Å²) in [6, 6.07) is 0. The topological polar surface area (TPSA) is 144 Å². The molecule has 0 amide bonds. The molecule has 4 atom stereocenters. The Hall–Kier alpha value is -2.34. The molecule has 0 saturated carbocycles. The van der Waals surface area contributed by atoms with Crippen molar-refractivity contribution in [2.75, 3.05) is 19.5 Å². The average molecular weight is 365 g/mol. The highest BCUT2D eigenvalue weighted by Gasteiger charge is 2.56. The molecule has 2 saturated heterocycles. The first-order valence-electron chi connectivity index (χ1n) is 8.05. The second-order valence-electron chi connectivity index (χ2n) is 6.55. The summed E-state index contributed by atoms with van der Waals surface area (Å²) in [6.45, 7) is 3.30. The highest BCUT2D eigenvalue weighted by Crippen LogP contribution is 2.43. The number of carbonyl (C=O) groups excluding carboxylic acids is 1. The normalized spacial score (nSPS) is 29.8. The fraction of sp³-hybridized carbons (Fsp3) is 0.600. The average Bonchev–Trinajstić information content (AvgIpc) is 3.23. The van der Waals surface area contributed by atoms with Crippen LogP contribution in [0.25, 0.3) is 11.0 Å². The van der Waals surface area contributed by atoms with E-state index in [1.54, 1.807) is 13.8 Å². The Morgan fingerprint density at radius 1 is 1.38 bits per heavy atom. The predicted octanol–water partition coefficient (Wildman–Crippen LogP) is -0.395. The number of rotatable bonds is 3. The van der Waals surface area contributed by atoms with Crippen molar-refractivity contribution in [3.63, 3.8) is 0 Å². The van der Waals surface area contributed by atoms with Crippen LogP contribution in [0.3, 0.4) is 0 Å². The maximum Gasteiger partial charge on any atom is 0.359 e. The molecule has 26 heavy (non-hydrogen) atoms. The van der Waals surface area contributed by atoms with E-state index in [1.165, 1.54) is 18.1 Å². The summed E-state index contributed by atoms with van der Waals surface area (Å²) in [5.74, 6) is -1.42. The number of hydrogen-bond donors (Lipinski definition) is 2. The van der Waals surface area contributed by atoms with Gasteiger partial charge in [-0.05, 0) is 13.8 Å². The van der Waals surface area contributed by atoms with Gasteiger partial charge in [-0.25, -0.2) is 19.4 Å². The van der Waals surface area contributed by atoms with Crippen molar-refractivity contribution >= 4 is 22.8 Å². The lowest BCUT2D eigenvalue weighted by Crippen LogP contribution is -2.31. The molecule has 2 aromatic heterocycles. The van der Waals surface area contributed by atoms with E-state index in [0.717, 1.165) is 0 Å². The van der Waals surface area contributed by atoms with Crippen molar-refractivity contribution in [3.05, 3.63) is 12.0 Å².